The molecule has 0 bridgehead atoms. The van der Waals surface area contributed by atoms with Gasteiger partial charge in [-0.2, -0.15) is 4.79 Å². The number of amides is 1. The van der Waals surface area contributed by atoms with Crippen LogP contribution in [0.5, 0.6) is 0 Å². The first kappa shape index (κ1) is 17.6. The Hall–Kier alpha value is -2.74. The van der Waals surface area contributed by atoms with Crippen molar-refractivity contribution in [3.8, 4) is 0 Å². The number of nitro benzene ring substituents is 1. The average Bonchev–Trinajstić information content (AvgIpc) is 2.82. The third-order valence-electron chi connectivity index (χ3n) is 4.01. The third-order valence-corrected chi connectivity index (χ3v) is 4.01. The topological polar surface area (TPSA) is 107 Å². The molecule has 0 fully saturated rings. The molecule has 0 saturated carbocycles. The van der Waals surface area contributed by atoms with Crippen LogP contribution >= 0.6 is 0 Å². The van der Waals surface area contributed by atoms with Gasteiger partial charge in [0.15, 0.2) is 5.69 Å². The average molecular weight is 335 g/mol. The van der Waals surface area contributed by atoms with Gasteiger partial charge in [0.05, 0.1) is 11.5 Å². The number of carbonyl (C=O) groups is 2. The number of carboxylic acid groups (broad SMARTS) is 1. The van der Waals surface area contributed by atoms with E-state index in [2.05, 4.69) is 0 Å². The first-order chi connectivity index (χ1) is 11.1. The van der Waals surface area contributed by atoms with Gasteiger partial charge in [-0.15, -0.1) is 4.48 Å². The lowest BCUT2D eigenvalue weighted by molar-refractivity contribution is -0.384. The summed E-state index contributed by atoms with van der Waals surface area (Å²) in [6.07, 6.45) is 0.106. The minimum absolute atomic E-state index is 0.0765. The lowest BCUT2D eigenvalue weighted by atomic mass is 9.99. The lowest BCUT2D eigenvalue weighted by Gasteiger charge is -2.40. The normalized spacial score (nSPS) is 19.4. The zero-order valence-corrected chi connectivity index (χ0v) is 13.9. The molecule has 1 N–H and O–H groups in total. The Labute approximate surface area is 138 Å². The van der Waals surface area contributed by atoms with Gasteiger partial charge in [0, 0.05) is 29.8 Å². The van der Waals surface area contributed by atoms with Crippen molar-refractivity contribution in [2.24, 2.45) is 0 Å². The zero-order valence-electron chi connectivity index (χ0n) is 13.9. The van der Waals surface area contributed by atoms with E-state index in [1.165, 1.54) is 24.3 Å². The molecule has 0 aliphatic carbocycles. The fraction of sp³-hybridized carbons (Fsp3) is 0.375. The van der Waals surface area contributed by atoms with Gasteiger partial charge in [0.2, 0.25) is 5.70 Å². The quantitative estimate of drug-likeness (QED) is 0.393. The molecule has 1 aromatic rings. The number of hydrogen-bond acceptors (Lipinski definition) is 5. The summed E-state index contributed by atoms with van der Waals surface area (Å²) in [6, 6.07) is 3.89. The number of carbonyl (C=O) groups excluding carboxylic acids is 1. The molecule has 0 spiro atoms. The van der Waals surface area contributed by atoms with Gasteiger partial charge >= 0.3 is 12.1 Å². The van der Waals surface area contributed by atoms with E-state index in [1.807, 2.05) is 0 Å². The van der Waals surface area contributed by atoms with Crippen LogP contribution in [0.15, 0.2) is 23.9 Å². The van der Waals surface area contributed by atoms with Crippen molar-refractivity contribution in [1.29, 1.82) is 0 Å². The largest absolute Gasteiger partial charge is 0.524 e. The summed E-state index contributed by atoms with van der Waals surface area (Å²) in [5.41, 5.74) is -0.556. The van der Waals surface area contributed by atoms with Crippen LogP contribution in [0.25, 0.3) is 6.08 Å². The van der Waals surface area contributed by atoms with Gasteiger partial charge < -0.3 is 9.84 Å². The molecule has 1 aromatic carbocycles. The van der Waals surface area contributed by atoms with E-state index in [9.17, 15) is 24.8 Å². The molecule has 0 radical (unpaired) electrons. The maximum absolute atomic E-state index is 12.4. The van der Waals surface area contributed by atoms with Crippen molar-refractivity contribution in [3.05, 3.63) is 39.6 Å². The molecule has 128 valence electrons. The minimum atomic E-state index is -1.26. The molecule has 1 atom stereocenters. The maximum atomic E-state index is 12.4. The highest BCUT2D eigenvalue weighted by Gasteiger charge is 2.60. The Morgan fingerprint density at radius 1 is 1.33 bits per heavy atom. The van der Waals surface area contributed by atoms with Crippen molar-refractivity contribution < 1.29 is 24.4 Å². The van der Waals surface area contributed by atoms with E-state index in [0.717, 1.165) is 0 Å². The number of nitrogens with zero attached hydrogens (tertiary/aromatic N) is 2. The van der Waals surface area contributed by atoms with Crippen LogP contribution in [0, 0.1) is 10.1 Å². The van der Waals surface area contributed by atoms with E-state index in [1.54, 1.807) is 27.7 Å². The Morgan fingerprint density at radius 2 is 1.96 bits per heavy atom. The number of ether oxygens (including phenoxy) is 1. The number of rotatable bonds is 3. The number of quaternary nitrogens is 1. The van der Waals surface area contributed by atoms with Crippen LogP contribution in [0.4, 0.5) is 16.2 Å². The zero-order chi connectivity index (χ0) is 18.3. The van der Waals surface area contributed by atoms with Crippen LogP contribution in [-0.4, -0.2) is 34.2 Å². The Bertz CT molecular complexity index is 762. The molecule has 0 saturated heterocycles. The first-order valence-electron chi connectivity index (χ1n) is 7.38. The Kier molecular flexibility index (Phi) is 4.19. The lowest BCUT2D eigenvalue weighted by Crippen LogP contribution is -2.64. The van der Waals surface area contributed by atoms with Crippen molar-refractivity contribution in [2.75, 3.05) is 6.61 Å². The summed E-state index contributed by atoms with van der Waals surface area (Å²) >= 11 is 0. The van der Waals surface area contributed by atoms with Crippen molar-refractivity contribution in [2.45, 2.75) is 33.2 Å². The summed E-state index contributed by atoms with van der Waals surface area (Å²) in [5, 5.41) is 21.0. The Morgan fingerprint density at radius 3 is 2.42 bits per heavy atom. The van der Waals surface area contributed by atoms with Crippen LogP contribution in [0.3, 0.4) is 0 Å². The predicted octanol–water partition coefficient (Wildman–Crippen LogP) is 3.30. The van der Waals surface area contributed by atoms with Gasteiger partial charge in [-0.3, -0.25) is 10.1 Å². The van der Waals surface area contributed by atoms with Crippen LogP contribution in [0.1, 0.15) is 33.3 Å². The first-order valence-corrected chi connectivity index (χ1v) is 7.38. The summed E-state index contributed by atoms with van der Waals surface area (Å²) in [5.74, 6) is -0.756. The molecule has 2 rings (SSSR count). The summed E-state index contributed by atoms with van der Waals surface area (Å²) < 4.78 is 4.24. The molecule has 0 aromatic heterocycles. The molecule has 1 aliphatic rings. The number of non-ortho nitro benzene ring substituents is 1. The number of fused-ring (bicyclic) bond motifs is 1. The molecule has 1 unspecified atom stereocenters. The highest BCUT2D eigenvalue weighted by Crippen LogP contribution is 2.48. The summed E-state index contributed by atoms with van der Waals surface area (Å²) in [4.78, 5) is 35.1. The van der Waals surface area contributed by atoms with Crippen LogP contribution in [0.2, 0.25) is 0 Å². The number of benzene rings is 1. The Balaban J connectivity index is 2.81. The van der Waals surface area contributed by atoms with Crippen molar-refractivity contribution in [3.63, 3.8) is 0 Å². The molecule has 8 heteroatoms. The second-order valence-electron chi connectivity index (χ2n) is 6.37. The van der Waals surface area contributed by atoms with Crippen LogP contribution < -0.4 is 4.48 Å². The molecule has 24 heavy (non-hydrogen) atoms. The second kappa shape index (κ2) is 5.72. The SMILES string of the molecule is CCOC(=O)C1=Cc2cc([N+](=O)[O-])ccc2[N+]1(C(=O)O)C(C)(C)C. The van der Waals surface area contributed by atoms with Crippen molar-refractivity contribution in [1.82, 2.24) is 4.48 Å². The maximum Gasteiger partial charge on any atom is 0.524 e. The molecule has 8 nitrogen and oxygen atoms in total. The van der Waals surface area contributed by atoms with E-state index >= 15 is 0 Å². The molecule has 1 aliphatic heterocycles. The third kappa shape index (κ3) is 2.35. The van der Waals surface area contributed by atoms with Gasteiger partial charge in [-0.05, 0) is 27.7 Å². The second-order valence-corrected chi connectivity index (χ2v) is 6.37. The van der Waals surface area contributed by atoms with Gasteiger partial charge in [0.1, 0.15) is 5.54 Å². The van der Waals surface area contributed by atoms with Gasteiger partial charge in [0.25, 0.3) is 5.69 Å². The summed E-state index contributed by atoms with van der Waals surface area (Å²) in [6.45, 7) is 6.77. The fourth-order valence-corrected chi connectivity index (χ4v) is 3.07. The fourth-order valence-electron chi connectivity index (χ4n) is 3.07. The van der Waals surface area contributed by atoms with Gasteiger partial charge in [-0.1, -0.05) is 0 Å². The number of nitro groups is 1. The van der Waals surface area contributed by atoms with Gasteiger partial charge in [-0.25, -0.2) is 4.79 Å². The predicted molar refractivity (Wildman–Crippen MR) is 87.3 cm³/mol. The van der Waals surface area contributed by atoms with E-state index < -0.39 is 27.0 Å². The van der Waals surface area contributed by atoms with E-state index in [4.69, 9.17) is 4.74 Å². The highest BCUT2D eigenvalue weighted by atomic mass is 16.6. The number of esters is 1. The minimum Gasteiger partial charge on any atom is -0.458 e. The smallest absolute Gasteiger partial charge is 0.458 e. The summed E-state index contributed by atoms with van der Waals surface area (Å²) in [7, 11) is 0. The molecule has 1 amide bonds. The van der Waals surface area contributed by atoms with Crippen LogP contribution in [-0.2, 0) is 9.53 Å². The molecular formula is C16H19N2O6+. The number of hydrogen-bond donors (Lipinski definition) is 1. The van der Waals surface area contributed by atoms with Crippen molar-refractivity contribution >= 4 is 29.5 Å². The monoisotopic (exact) mass is 335 g/mol. The molecular weight excluding hydrogens is 316 g/mol. The highest BCUT2D eigenvalue weighted by molar-refractivity contribution is 6.08. The standard InChI is InChI=1S/C16H18N2O6/c1-5-24-14(19)13-9-10-8-11(17(22)23)6-7-12(10)18(13,15(20)21)16(2,3)4/h6-9H,5H2,1-4H3/p+1. The van der Waals surface area contributed by atoms with E-state index in [-0.39, 0.29) is 18.0 Å². The van der Waals surface area contributed by atoms with E-state index in [0.29, 0.717) is 11.3 Å². The molecule has 1 heterocycles.